The number of carbonyl (C=O) groups is 1. The Balaban J connectivity index is 1.43. The van der Waals surface area contributed by atoms with Gasteiger partial charge in [0.2, 0.25) is 17.7 Å². The van der Waals surface area contributed by atoms with Gasteiger partial charge < -0.3 is 9.73 Å². The number of anilines is 1. The van der Waals surface area contributed by atoms with Crippen LogP contribution in [0.4, 0.5) is 5.69 Å². The number of nitrogens with zero attached hydrogens (tertiary/aromatic N) is 4. The van der Waals surface area contributed by atoms with Gasteiger partial charge in [0.25, 0.3) is 0 Å². The Kier molecular flexibility index (Phi) is 5.44. The fraction of sp³-hybridized carbons (Fsp3) is 0.438. The molecule has 1 aliphatic rings. The molecule has 0 bridgehead atoms. The summed E-state index contributed by atoms with van der Waals surface area (Å²) in [5.74, 6) is 1.17. The molecule has 0 spiro atoms. The maximum absolute atomic E-state index is 12.1. The molecule has 128 valence electrons. The molecule has 0 unspecified atom stereocenters. The van der Waals surface area contributed by atoms with E-state index in [4.69, 9.17) is 16.0 Å². The Morgan fingerprint density at radius 1 is 1.21 bits per heavy atom. The van der Waals surface area contributed by atoms with Gasteiger partial charge in [-0.15, -0.1) is 10.2 Å². The summed E-state index contributed by atoms with van der Waals surface area (Å²) in [6.45, 7) is 6.17. The number of nitrogens with one attached hydrogen (secondary N) is 1. The number of piperazine rings is 1. The summed E-state index contributed by atoms with van der Waals surface area (Å²) < 4.78 is 5.40. The lowest BCUT2D eigenvalue weighted by Crippen LogP contribution is -2.48. The molecular formula is C16H20ClN5O2. The van der Waals surface area contributed by atoms with Crippen LogP contribution >= 0.6 is 11.6 Å². The zero-order chi connectivity index (χ0) is 16.9. The van der Waals surface area contributed by atoms with E-state index in [2.05, 4.69) is 25.3 Å². The summed E-state index contributed by atoms with van der Waals surface area (Å²) in [4.78, 5) is 16.5. The van der Waals surface area contributed by atoms with Crippen LogP contribution in [-0.4, -0.2) is 58.6 Å². The number of aromatic nitrogens is 2. The first-order chi connectivity index (χ1) is 11.6. The molecule has 24 heavy (non-hydrogen) atoms. The summed E-state index contributed by atoms with van der Waals surface area (Å²) in [6, 6.07) is 7.24. The third kappa shape index (κ3) is 4.53. The Morgan fingerprint density at radius 3 is 2.58 bits per heavy atom. The molecule has 1 fully saturated rings. The van der Waals surface area contributed by atoms with Crippen LogP contribution in [0.1, 0.15) is 11.8 Å². The van der Waals surface area contributed by atoms with Crippen LogP contribution in [-0.2, 0) is 11.3 Å². The molecule has 1 aromatic heterocycles. The van der Waals surface area contributed by atoms with Crippen LogP contribution in [0.15, 0.2) is 28.7 Å². The lowest BCUT2D eigenvalue weighted by atomic mass is 10.3. The minimum Gasteiger partial charge on any atom is -0.424 e. The number of amides is 1. The molecule has 7 nitrogen and oxygen atoms in total. The lowest BCUT2D eigenvalue weighted by molar-refractivity contribution is -0.117. The molecule has 0 atom stereocenters. The van der Waals surface area contributed by atoms with Crippen molar-refractivity contribution >= 4 is 23.2 Å². The number of hydrogen-bond donors (Lipinski definition) is 1. The van der Waals surface area contributed by atoms with Gasteiger partial charge in [0.15, 0.2) is 0 Å². The zero-order valence-corrected chi connectivity index (χ0v) is 14.3. The van der Waals surface area contributed by atoms with Crippen molar-refractivity contribution in [3.8, 4) is 0 Å². The van der Waals surface area contributed by atoms with Crippen molar-refractivity contribution in [3.63, 3.8) is 0 Å². The quantitative estimate of drug-likeness (QED) is 0.887. The van der Waals surface area contributed by atoms with Crippen molar-refractivity contribution in [2.75, 3.05) is 38.0 Å². The van der Waals surface area contributed by atoms with Gasteiger partial charge in [-0.05, 0) is 12.1 Å². The van der Waals surface area contributed by atoms with Crippen LogP contribution in [0.2, 0.25) is 5.02 Å². The third-order valence-electron chi connectivity index (χ3n) is 3.91. The molecule has 1 amide bonds. The highest BCUT2D eigenvalue weighted by atomic mass is 35.5. The number of rotatable bonds is 5. The van der Waals surface area contributed by atoms with Crippen molar-refractivity contribution in [1.82, 2.24) is 20.0 Å². The smallest absolute Gasteiger partial charge is 0.238 e. The molecule has 1 aromatic carbocycles. The summed E-state index contributed by atoms with van der Waals surface area (Å²) >= 11 is 6.05. The van der Waals surface area contributed by atoms with Crippen LogP contribution < -0.4 is 5.32 Å². The maximum atomic E-state index is 12.1. The molecule has 0 radical (unpaired) electrons. The number of benzene rings is 1. The number of para-hydroxylation sites is 1. The Bertz CT molecular complexity index is 697. The standard InChI is InChI=1S/C16H20ClN5O2/c1-12-19-20-16(24-12)11-22-8-6-21(7-9-22)10-15(23)18-14-5-3-2-4-13(14)17/h2-5H,6-11H2,1H3,(H,18,23). The van der Waals surface area contributed by atoms with Gasteiger partial charge in [-0.25, -0.2) is 0 Å². The largest absolute Gasteiger partial charge is 0.424 e. The van der Waals surface area contributed by atoms with Crippen LogP contribution in [0.3, 0.4) is 0 Å². The molecule has 1 saturated heterocycles. The summed E-state index contributed by atoms with van der Waals surface area (Å²) in [6.07, 6.45) is 0. The van der Waals surface area contributed by atoms with Gasteiger partial charge in [-0.3, -0.25) is 14.6 Å². The van der Waals surface area contributed by atoms with Gasteiger partial charge in [0.05, 0.1) is 23.8 Å². The van der Waals surface area contributed by atoms with E-state index in [1.54, 1.807) is 19.1 Å². The van der Waals surface area contributed by atoms with Crippen molar-refractivity contribution in [1.29, 1.82) is 0 Å². The van der Waals surface area contributed by atoms with Gasteiger partial charge in [-0.2, -0.15) is 0 Å². The SMILES string of the molecule is Cc1nnc(CN2CCN(CC(=O)Nc3ccccc3Cl)CC2)o1. The summed E-state index contributed by atoms with van der Waals surface area (Å²) in [7, 11) is 0. The molecule has 2 heterocycles. The molecule has 3 rings (SSSR count). The molecule has 0 aliphatic carbocycles. The second kappa shape index (κ2) is 7.74. The molecule has 0 saturated carbocycles. The van der Waals surface area contributed by atoms with Crippen LogP contribution in [0, 0.1) is 6.92 Å². The van der Waals surface area contributed by atoms with Gasteiger partial charge in [0, 0.05) is 33.1 Å². The topological polar surface area (TPSA) is 74.5 Å². The summed E-state index contributed by atoms with van der Waals surface area (Å²) in [5, 5.41) is 11.2. The second-order valence-corrected chi connectivity index (χ2v) is 6.20. The first-order valence-corrected chi connectivity index (χ1v) is 8.26. The first-order valence-electron chi connectivity index (χ1n) is 7.88. The Morgan fingerprint density at radius 2 is 1.92 bits per heavy atom. The van der Waals surface area contributed by atoms with E-state index >= 15 is 0 Å². The van der Waals surface area contributed by atoms with E-state index in [-0.39, 0.29) is 5.91 Å². The van der Waals surface area contributed by atoms with E-state index < -0.39 is 0 Å². The highest BCUT2D eigenvalue weighted by Gasteiger charge is 2.20. The van der Waals surface area contributed by atoms with E-state index in [9.17, 15) is 4.79 Å². The number of halogens is 1. The number of carbonyl (C=O) groups excluding carboxylic acids is 1. The molecule has 1 N–H and O–H groups in total. The second-order valence-electron chi connectivity index (χ2n) is 5.80. The van der Waals surface area contributed by atoms with Gasteiger partial charge in [-0.1, -0.05) is 23.7 Å². The fourth-order valence-electron chi connectivity index (χ4n) is 2.65. The predicted octanol–water partition coefficient (Wildman–Crippen LogP) is 1.79. The van der Waals surface area contributed by atoms with Crippen molar-refractivity contribution in [2.24, 2.45) is 0 Å². The predicted molar refractivity (Wildman–Crippen MR) is 90.8 cm³/mol. The van der Waals surface area contributed by atoms with Gasteiger partial charge in [0.1, 0.15) is 0 Å². The first kappa shape index (κ1) is 16.9. The van der Waals surface area contributed by atoms with Crippen LogP contribution in [0.25, 0.3) is 0 Å². The molecule has 2 aromatic rings. The van der Waals surface area contributed by atoms with Gasteiger partial charge >= 0.3 is 0 Å². The zero-order valence-electron chi connectivity index (χ0n) is 13.5. The average Bonchev–Trinajstić information content (AvgIpc) is 2.96. The van der Waals surface area contributed by atoms with Crippen LogP contribution in [0.5, 0.6) is 0 Å². The Labute approximate surface area is 145 Å². The van der Waals surface area contributed by atoms with Crippen molar-refractivity contribution in [2.45, 2.75) is 13.5 Å². The van der Waals surface area contributed by atoms with E-state index in [1.807, 2.05) is 12.1 Å². The highest BCUT2D eigenvalue weighted by molar-refractivity contribution is 6.33. The normalized spacial score (nSPS) is 16.2. The fourth-order valence-corrected chi connectivity index (χ4v) is 2.84. The minimum absolute atomic E-state index is 0.0518. The van der Waals surface area contributed by atoms with E-state index in [1.165, 1.54) is 0 Å². The molecule has 1 aliphatic heterocycles. The monoisotopic (exact) mass is 349 g/mol. The lowest BCUT2D eigenvalue weighted by Gasteiger charge is -2.33. The van der Waals surface area contributed by atoms with E-state index in [0.29, 0.717) is 35.6 Å². The number of hydrogen-bond acceptors (Lipinski definition) is 6. The number of aryl methyl sites for hydroxylation is 1. The molecule has 8 heteroatoms. The minimum atomic E-state index is -0.0518. The van der Waals surface area contributed by atoms with E-state index in [0.717, 1.165) is 26.2 Å². The van der Waals surface area contributed by atoms with Crippen molar-refractivity contribution < 1.29 is 9.21 Å². The third-order valence-corrected chi connectivity index (χ3v) is 4.24. The molecular weight excluding hydrogens is 330 g/mol. The maximum Gasteiger partial charge on any atom is 0.238 e. The average molecular weight is 350 g/mol. The highest BCUT2D eigenvalue weighted by Crippen LogP contribution is 2.20. The Hall–Kier alpha value is -1.96. The summed E-state index contributed by atoms with van der Waals surface area (Å²) in [5.41, 5.74) is 0.648. The van der Waals surface area contributed by atoms with Crippen molar-refractivity contribution in [3.05, 3.63) is 41.1 Å².